The van der Waals surface area contributed by atoms with Gasteiger partial charge in [0.15, 0.2) is 12.6 Å². The Morgan fingerprint density at radius 1 is 0.974 bits per heavy atom. The largest absolute Gasteiger partial charge is 0.469 e. The maximum Gasteiger partial charge on any atom is 0.305 e. The molecular formula is C31H54O7. The summed E-state index contributed by atoms with van der Waals surface area (Å²) in [5.41, 5.74) is 0. The van der Waals surface area contributed by atoms with E-state index >= 15 is 0 Å². The summed E-state index contributed by atoms with van der Waals surface area (Å²) in [6, 6.07) is 0. The summed E-state index contributed by atoms with van der Waals surface area (Å²) in [6.07, 6.45) is 20.7. The summed E-state index contributed by atoms with van der Waals surface area (Å²) in [5, 5.41) is 11.1. The molecule has 3 aliphatic rings. The van der Waals surface area contributed by atoms with E-state index in [1.54, 1.807) is 0 Å². The molecule has 2 aliphatic heterocycles. The number of rotatable bonds is 17. The van der Waals surface area contributed by atoms with Crippen LogP contribution in [-0.4, -0.2) is 62.3 Å². The molecule has 0 spiro atoms. The molecule has 7 heteroatoms. The van der Waals surface area contributed by atoms with Gasteiger partial charge >= 0.3 is 5.97 Å². The fourth-order valence-electron chi connectivity index (χ4n) is 6.09. The van der Waals surface area contributed by atoms with Crippen LogP contribution in [0.25, 0.3) is 0 Å². The Balaban J connectivity index is 1.61. The van der Waals surface area contributed by atoms with Crippen LogP contribution < -0.4 is 0 Å². The molecule has 0 amide bonds. The highest BCUT2D eigenvalue weighted by molar-refractivity contribution is 5.68. The highest BCUT2D eigenvalue weighted by atomic mass is 16.7. The predicted molar refractivity (Wildman–Crippen MR) is 148 cm³/mol. The molecule has 7 atom stereocenters. The van der Waals surface area contributed by atoms with Crippen LogP contribution in [0.5, 0.6) is 0 Å². The summed E-state index contributed by atoms with van der Waals surface area (Å²) in [4.78, 5) is 11.4. The molecule has 220 valence electrons. The lowest BCUT2D eigenvalue weighted by Crippen LogP contribution is -2.31. The number of unbranched alkanes of at least 4 members (excludes halogenated alkanes) is 5. The van der Waals surface area contributed by atoms with Crippen LogP contribution in [0, 0.1) is 11.8 Å². The van der Waals surface area contributed by atoms with Gasteiger partial charge in [0, 0.05) is 32.0 Å². The molecule has 1 saturated carbocycles. The molecule has 38 heavy (non-hydrogen) atoms. The molecule has 0 aromatic heterocycles. The van der Waals surface area contributed by atoms with Gasteiger partial charge in [-0.1, -0.05) is 57.6 Å². The molecule has 0 bridgehead atoms. The van der Waals surface area contributed by atoms with Gasteiger partial charge in [0.2, 0.25) is 0 Å². The van der Waals surface area contributed by atoms with E-state index in [0.717, 1.165) is 96.7 Å². The van der Waals surface area contributed by atoms with Crippen LogP contribution in [0.2, 0.25) is 0 Å². The van der Waals surface area contributed by atoms with Crippen LogP contribution in [0.3, 0.4) is 0 Å². The Kier molecular flexibility index (Phi) is 15.2. The van der Waals surface area contributed by atoms with Crippen molar-refractivity contribution in [3.8, 4) is 0 Å². The maximum absolute atomic E-state index is 11.4. The van der Waals surface area contributed by atoms with Crippen molar-refractivity contribution in [3.05, 3.63) is 12.2 Å². The fraction of sp³-hybridized carbons (Fsp3) is 0.903. The minimum atomic E-state index is -0.380. The van der Waals surface area contributed by atoms with Crippen LogP contribution in [-0.2, 0) is 28.5 Å². The minimum absolute atomic E-state index is 0.0212. The number of aliphatic hydroxyl groups is 1. The summed E-state index contributed by atoms with van der Waals surface area (Å²) < 4.78 is 29.4. The predicted octanol–water partition coefficient (Wildman–Crippen LogP) is 6.46. The third-order valence-corrected chi connectivity index (χ3v) is 8.36. The van der Waals surface area contributed by atoms with Crippen molar-refractivity contribution >= 4 is 5.97 Å². The van der Waals surface area contributed by atoms with Crippen molar-refractivity contribution in [2.75, 3.05) is 20.3 Å². The zero-order valence-electron chi connectivity index (χ0n) is 24.0. The lowest BCUT2D eigenvalue weighted by Gasteiger charge is -2.30. The average Bonchev–Trinajstić information content (AvgIpc) is 3.23. The van der Waals surface area contributed by atoms with Gasteiger partial charge in [-0.05, 0) is 63.7 Å². The van der Waals surface area contributed by atoms with E-state index in [-0.39, 0.29) is 48.7 Å². The number of carbonyl (C=O) groups is 1. The van der Waals surface area contributed by atoms with Gasteiger partial charge in [-0.25, -0.2) is 0 Å². The van der Waals surface area contributed by atoms with E-state index in [4.69, 9.17) is 23.7 Å². The first kappa shape index (κ1) is 31.5. The molecule has 3 fully saturated rings. The van der Waals surface area contributed by atoms with Crippen LogP contribution >= 0.6 is 0 Å². The van der Waals surface area contributed by atoms with Gasteiger partial charge in [0.25, 0.3) is 0 Å². The summed E-state index contributed by atoms with van der Waals surface area (Å²) >= 11 is 0. The second-order valence-corrected chi connectivity index (χ2v) is 11.4. The number of carbonyl (C=O) groups excluding carboxylic acids is 1. The van der Waals surface area contributed by atoms with Crippen LogP contribution in [0.15, 0.2) is 12.2 Å². The van der Waals surface area contributed by atoms with Crippen molar-refractivity contribution in [2.24, 2.45) is 11.8 Å². The lowest BCUT2D eigenvalue weighted by molar-refractivity contribution is -0.193. The topological polar surface area (TPSA) is 83.5 Å². The van der Waals surface area contributed by atoms with Gasteiger partial charge in [0.05, 0.1) is 25.4 Å². The van der Waals surface area contributed by atoms with E-state index in [1.165, 1.54) is 20.0 Å². The van der Waals surface area contributed by atoms with E-state index in [9.17, 15) is 9.90 Å². The summed E-state index contributed by atoms with van der Waals surface area (Å²) in [7, 11) is 1.44. The Hall–Kier alpha value is -0.990. The first-order valence-corrected chi connectivity index (χ1v) is 15.6. The van der Waals surface area contributed by atoms with E-state index in [0.29, 0.717) is 12.8 Å². The molecule has 7 nitrogen and oxygen atoms in total. The summed E-state index contributed by atoms with van der Waals surface area (Å²) in [5.74, 6) is 0.151. The summed E-state index contributed by atoms with van der Waals surface area (Å²) in [6.45, 7) is 3.76. The number of hydrogen-bond acceptors (Lipinski definition) is 7. The third kappa shape index (κ3) is 11.2. The second-order valence-electron chi connectivity index (χ2n) is 11.4. The second kappa shape index (κ2) is 18.4. The third-order valence-electron chi connectivity index (χ3n) is 8.36. The number of ether oxygens (including phenoxy) is 5. The molecule has 2 heterocycles. The molecule has 2 unspecified atom stereocenters. The number of methoxy groups -OCH3 is 1. The Morgan fingerprint density at radius 2 is 1.71 bits per heavy atom. The Morgan fingerprint density at radius 3 is 2.39 bits per heavy atom. The fourth-order valence-corrected chi connectivity index (χ4v) is 6.09. The normalized spacial score (nSPS) is 31.0. The molecule has 0 aromatic rings. The molecule has 3 rings (SSSR count). The Labute approximate surface area is 231 Å². The molecular weight excluding hydrogens is 484 g/mol. The van der Waals surface area contributed by atoms with E-state index < -0.39 is 0 Å². The highest BCUT2D eigenvalue weighted by Gasteiger charge is 2.42. The van der Waals surface area contributed by atoms with Crippen molar-refractivity contribution in [2.45, 2.75) is 147 Å². The highest BCUT2D eigenvalue weighted by Crippen LogP contribution is 2.40. The lowest BCUT2D eigenvalue weighted by atomic mass is 9.87. The standard InChI is InChI=1S/C31H54O7/c1-3-4-7-14-24(37-30-17-10-12-21-35-30)19-20-26-25(15-8-5-6-9-16-29(33)34-2)27(32)23-28(26)38-31-18-11-13-22-36-31/h19-20,24-28,30-32H,3-18,21-23H2,1-2H3/b20-19+/t24-,25+,26+,27-,28+,30?,31?/m0/s1. The minimum Gasteiger partial charge on any atom is -0.469 e. The van der Waals surface area contributed by atoms with Crippen molar-refractivity contribution in [1.82, 2.24) is 0 Å². The molecule has 2 saturated heterocycles. The Bertz CT molecular complexity index is 657. The van der Waals surface area contributed by atoms with Crippen molar-refractivity contribution in [1.29, 1.82) is 0 Å². The zero-order chi connectivity index (χ0) is 27.0. The molecule has 1 aliphatic carbocycles. The molecule has 0 aromatic carbocycles. The number of esters is 1. The molecule has 0 radical (unpaired) electrons. The van der Waals surface area contributed by atoms with E-state index in [1.807, 2.05) is 0 Å². The van der Waals surface area contributed by atoms with Gasteiger partial charge in [-0.3, -0.25) is 4.79 Å². The van der Waals surface area contributed by atoms with Crippen LogP contribution in [0.4, 0.5) is 0 Å². The zero-order valence-corrected chi connectivity index (χ0v) is 24.0. The van der Waals surface area contributed by atoms with Crippen molar-refractivity contribution < 1.29 is 33.6 Å². The van der Waals surface area contributed by atoms with Gasteiger partial charge in [0.1, 0.15) is 0 Å². The van der Waals surface area contributed by atoms with Crippen LogP contribution in [0.1, 0.15) is 116 Å². The SMILES string of the molecule is CCCCC[C@@H](/C=C/[C@@H]1[C@@H](CCCCCCC(=O)OC)[C@@H](O)C[C@H]1OC1CCCCO1)OC1CCCCO1. The van der Waals surface area contributed by atoms with E-state index in [2.05, 4.69) is 19.1 Å². The number of hydrogen-bond donors (Lipinski definition) is 1. The first-order chi connectivity index (χ1) is 18.6. The average molecular weight is 539 g/mol. The number of aliphatic hydroxyl groups excluding tert-OH is 1. The monoisotopic (exact) mass is 538 g/mol. The molecule has 1 N–H and O–H groups in total. The van der Waals surface area contributed by atoms with Gasteiger partial charge in [-0.15, -0.1) is 0 Å². The smallest absolute Gasteiger partial charge is 0.305 e. The van der Waals surface area contributed by atoms with Gasteiger partial charge in [-0.2, -0.15) is 0 Å². The first-order valence-electron chi connectivity index (χ1n) is 15.6. The van der Waals surface area contributed by atoms with Gasteiger partial charge < -0.3 is 28.8 Å². The quantitative estimate of drug-likeness (QED) is 0.129. The van der Waals surface area contributed by atoms with Crippen molar-refractivity contribution in [3.63, 3.8) is 0 Å². The maximum atomic E-state index is 11.4.